The Bertz CT molecular complexity index is 332. The number of rotatable bonds is 5. The summed E-state index contributed by atoms with van der Waals surface area (Å²) in [5, 5.41) is 2.99. The molecule has 0 aromatic carbocycles. The number of carbonyl (C=O) groups excluding carboxylic acids is 2. The molecular formula is C14H25N3O2. The minimum Gasteiger partial charge on any atom is -0.355 e. The second-order valence-electron chi connectivity index (χ2n) is 6.03. The van der Waals surface area contributed by atoms with Crippen LogP contribution in [0.25, 0.3) is 0 Å². The molecule has 19 heavy (non-hydrogen) atoms. The van der Waals surface area contributed by atoms with E-state index < -0.39 is 0 Å². The van der Waals surface area contributed by atoms with Gasteiger partial charge in [-0.2, -0.15) is 0 Å². The minimum atomic E-state index is 0.129. The van der Waals surface area contributed by atoms with Gasteiger partial charge in [-0.1, -0.05) is 0 Å². The van der Waals surface area contributed by atoms with Crippen molar-refractivity contribution in [2.75, 3.05) is 40.3 Å². The number of likely N-dealkylation sites (tertiary alicyclic amines) is 1. The average Bonchev–Trinajstić information content (AvgIpc) is 3.20. The smallest absolute Gasteiger partial charge is 0.234 e. The molecule has 1 saturated carbocycles. The van der Waals surface area contributed by atoms with Crippen molar-refractivity contribution in [3.8, 4) is 0 Å². The molecule has 1 aliphatic heterocycles. The van der Waals surface area contributed by atoms with Crippen LogP contribution in [0.15, 0.2) is 0 Å². The van der Waals surface area contributed by atoms with Crippen molar-refractivity contribution in [1.82, 2.24) is 15.1 Å². The largest absolute Gasteiger partial charge is 0.355 e. The van der Waals surface area contributed by atoms with E-state index >= 15 is 0 Å². The van der Waals surface area contributed by atoms with Crippen LogP contribution in [0.5, 0.6) is 0 Å². The van der Waals surface area contributed by atoms with Crippen molar-refractivity contribution in [3.05, 3.63) is 0 Å². The molecule has 2 aliphatic rings. The number of hydrogen-bond donors (Lipinski definition) is 1. The van der Waals surface area contributed by atoms with Crippen molar-refractivity contribution in [2.24, 2.45) is 11.8 Å². The van der Waals surface area contributed by atoms with Crippen LogP contribution in [-0.4, -0.2) is 61.9 Å². The Balaban J connectivity index is 1.64. The number of hydrogen-bond acceptors (Lipinski definition) is 3. The summed E-state index contributed by atoms with van der Waals surface area (Å²) in [5.41, 5.74) is 0. The van der Waals surface area contributed by atoms with Gasteiger partial charge in [0.05, 0.1) is 6.54 Å². The quantitative estimate of drug-likeness (QED) is 0.780. The Morgan fingerprint density at radius 3 is 2.32 bits per heavy atom. The van der Waals surface area contributed by atoms with E-state index in [1.54, 1.807) is 19.0 Å². The van der Waals surface area contributed by atoms with E-state index in [9.17, 15) is 9.59 Å². The zero-order chi connectivity index (χ0) is 13.8. The highest BCUT2D eigenvalue weighted by Crippen LogP contribution is 2.27. The normalized spacial score (nSPS) is 21.2. The van der Waals surface area contributed by atoms with Crippen LogP contribution in [0.1, 0.15) is 25.7 Å². The molecule has 1 aliphatic carbocycles. The third-order valence-electron chi connectivity index (χ3n) is 4.03. The van der Waals surface area contributed by atoms with Crippen LogP contribution < -0.4 is 5.32 Å². The van der Waals surface area contributed by atoms with Crippen molar-refractivity contribution in [2.45, 2.75) is 25.7 Å². The molecule has 0 unspecified atom stereocenters. The Kier molecular flexibility index (Phi) is 4.80. The molecule has 2 fully saturated rings. The van der Waals surface area contributed by atoms with E-state index in [2.05, 4.69) is 10.2 Å². The van der Waals surface area contributed by atoms with Crippen LogP contribution in [0.2, 0.25) is 0 Å². The van der Waals surface area contributed by atoms with Gasteiger partial charge in [0.15, 0.2) is 0 Å². The number of amides is 2. The van der Waals surface area contributed by atoms with Crippen molar-refractivity contribution in [1.29, 1.82) is 0 Å². The topological polar surface area (TPSA) is 52.7 Å². The Labute approximate surface area is 115 Å². The molecule has 0 atom stereocenters. The van der Waals surface area contributed by atoms with E-state index in [0.717, 1.165) is 38.4 Å². The molecular weight excluding hydrogens is 242 g/mol. The van der Waals surface area contributed by atoms with Gasteiger partial charge < -0.3 is 10.2 Å². The molecule has 5 heteroatoms. The molecule has 2 rings (SSSR count). The van der Waals surface area contributed by atoms with Gasteiger partial charge in [-0.15, -0.1) is 0 Å². The first-order valence-corrected chi connectivity index (χ1v) is 7.26. The Morgan fingerprint density at radius 1 is 1.16 bits per heavy atom. The SMILES string of the molecule is CN(C)C(=O)C1CCN(CC(=O)NCC2CC2)CC1. The standard InChI is InChI=1S/C14H25N3O2/c1-16(2)14(19)12-5-7-17(8-6-12)10-13(18)15-9-11-3-4-11/h11-12H,3-10H2,1-2H3,(H,15,18). The summed E-state index contributed by atoms with van der Waals surface area (Å²) in [4.78, 5) is 27.4. The minimum absolute atomic E-state index is 0.129. The Morgan fingerprint density at radius 2 is 1.79 bits per heavy atom. The summed E-state index contributed by atoms with van der Waals surface area (Å²) in [5.74, 6) is 1.22. The van der Waals surface area contributed by atoms with E-state index in [4.69, 9.17) is 0 Å². The maximum absolute atomic E-state index is 11.8. The molecule has 0 spiro atoms. The molecule has 1 heterocycles. The molecule has 2 amide bonds. The molecule has 0 radical (unpaired) electrons. The highest BCUT2D eigenvalue weighted by atomic mass is 16.2. The Hall–Kier alpha value is -1.10. The lowest BCUT2D eigenvalue weighted by molar-refractivity contribution is -0.134. The highest BCUT2D eigenvalue weighted by molar-refractivity contribution is 5.79. The van der Waals surface area contributed by atoms with Crippen molar-refractivity contribution < 1.29 is 9.59 Å². The summed E-state index contributed by atoms with van der Waals surface area (Å²) in [6.45, 7) is 3.02. The first kappa shape index (κ1) is 14.3. The average molecular weight is 267 g/mol. The number of piperidine rings is 1. The third kappa shape index (κ3) is 4.49. The van der Waals surface area contributed by atoms with Crippen molar-refractivity contribution in [3.63, 3.8) is 0 Å². The fourth-order valence-corrected chi connectivity index (χ4v) is 2.54. The molecule has 108 valence electrons. The van der Waals surface area contributed by atoms with Gasteiger partial charge in [0.2, 0.25) is 11.8 Å². The van der Waals surface area contributed by atoms with Crippen LogP contribution in [0.3, 0.4) is 0 Å². The molecule has 0 aromatic rings. The van der Waals surface area contributed by atoms with E-state index in [1.165, 1.54) is 12.8 Å². The van der Waals surface area contributed by atoms with Crippen molar-refractivity contribution >= 4 is 11.8 Å². The van der Waals surface area contributed by atoms with E-state index in [-0.39, 0.29) is 17.7 Å². The predicted molar refractivity (Wildman–Crippen MR) is 73.6 cm³/mol. The monoisotopic (exact) mass is 267 g/mol. The van der Waals surface area contributed by atoms with Gasteiger partial charge in [0, 0.05) is 26.6 Å². The fourth-order valence-electron chi connectivity index (χ4n) is 2.54. The second-order valence-corrected chi connectivity index (χ2v) is 6.03. The van der Waals surface area contributed by atoms with Gasteiger partial charge in [0.1, 0.15) is 0 Å². The number of carbonyl (C=O) groups is 2. The zero-order valence-electron chi connectivity index (χ0n) is 12.0. The van der Waals surface area contributed by atoms with Gasteiger partial charge in [-0.25, -0.2) is 0 Å². The lowest BCUT2D eigenvalue weighted by Gasteiger charge is -2.31. The van der Waals surface area contributed by atoms with Crippen LogP contribution >= 0.6 is 0 Å². The molecule has 1 N–H and O–H groups in total. The van der Waals surface area contributed by atoms with Crippen LogP contribution in [0.4, 0.5) is 0 Å². The zero-order valence-corrected chi connectivity index (χ0v) is 12.0. The molecule has 1 saturated heterocycles. The highest BCUT2D eigenvalue weighted by Gasteiger charge is 2.27. The second kappa shape index (κ2) is 6.37. The maximum Gasteiger partial charge on any atom is 0.234 e. The third-order valence-corrected chi connectivity index (χ3v) is 4.03. The lowest BCUT2D eigenvalue weighted by Crippen LogP contribution is -2.44. The molecule has 0 bridgehead atoms. The number of nitrogens with one attached hydrogen (secondary N) is 1. The summed E-state index contributed by atoms with van der Waals surface area (Å²) in [6, 6.07) is 0. The predicted octanol–water partition coefficient (Wildman–Crippen LogP) is 0.313. The van der Waals surface area contributed by atoms with E-state index in [1.807, 2.05) is 0 Å². The summed E-state index contributed by atoms with van der Waals surface area (Å²) < 4.78 is 0. The lowest BCUT2D eigenvalue weighted by atomic mass is 9.95. The summed E-state index contributed by atoms with van der Waals surface area (Å²) >= 11 is 0. The van der Waals surface area contributed by atoms with Crippen LogP contribution in [0, 0.1) is 11.8 Å². The summed E-state index contributed by atoms with van der Waals surface area (Å²) in [7, 11) is 3.61. The first-order chi connectivity index (χ1) is 9.06. The number of nitrogens with zero attached hydrogens (tertiary/aromatic N) is 2. The fraction of sp³-hybridized carbons (Fsp3) is 0.857. The van der Waals surface area contributed by atoms with Crippen LogP contribution in [-0.2, 0) is 9.59 Å². The first-order valence-electron chi connectivity index (χ1n) is 7.26. The van der Waals surface area contributed by atoms with Gasteiger partial charge >= 0.3 is 0 Å². The van der Waals surface area contributed by atoms with Gasteiger partial charge in [0.25, 0.3) is 0 Å². The van der Waals surface area contributed by atoms with Gasteiger partial charge in [-0.3, -0.25) is 14.5 Å². The molecule has 5 nitrogen and oxygen atoms in total. The van der Waals surface area contributed by atoms with E-state index in [0.29, 0.717) is 6.54 Å². The van der Waals surface area contributed by atoms with Gasteiger partial charge in [-0.05, 0) is 44.7 Å². The maximum atomic E-state index is 11.8. The summed E-state index contributed by atoms with van der Waals surface area (Å²) in [6.07, 6.45) is 4.26. The molecule has 0 aromatic heterocycles.